The minimum Gasteiger partial charge on any atom is -0.458 e. The lowest BCUT2D eigenvalue weighted by Crippen LogP contribution is -2.71. The second-order valence-corrected chi connectivity index (χ2v) is 10.8. The highest BCUT2D eigenvalue weighted by Crippen LogP contribution is 2.65. The molecule has 0 aromatic carbocycles. The minimum atomic E-state index is -0.967. The molecule has 1 N–H and O–H groups in total. The van der Waals surface area contributed by atoms with Crippen LogP contribution in [-0.4, -0.2) is 40.3 Å². The number of ether oxygens (including phenoxy) is 2. The fourth-order valence-corrected chi connectivity index (χ4v) is 6.48. The standard InChI is InChI=1S/C25H38O5/c1-9-15(3)21(28)29-20-14-18(26)22(4,5)17-13-19(27)25(8)16(24(17,20)7)11-12-23(6,10-2)30-25/h9-10,16-18,20,26H,2,11-14H2,1,3-8H3. The van der Waals surface area contributed by atoms with Crippen molar-refractivity contribution in [3.63, 3.8) is 0 Å². The molecular formula is C25H38O5. The first-order chi connectivity index (χ1) is 13.8. The van der Waals surface area contributed by atoms with Gasteiger partial charge in [-0.3, -0.25) is 4.79 Å². The zero-order valence-electron chi connectivity index (χ0n) is 19.6. The summed E-state index contributed by atoms with van der Waals surface area (Å²) in [6, 6.07) is 0. The summed E-state index contributed by atoms with van der Waals surface area (Å²) in [6.07, 6.45) is 4.59. The molecule has 0 spiro atoms. The Kier molecular flexibility index (Phi) is 5.65. The van der Waals surface area contributed by atoms with Gasteiger partial charge in [0.2, 0.25) is 0 Å². The number of hydrogen-bond donors (Lipinski definition) is 1. The third kappa shape index (κ3) is 3.20. The van der Waals surface area contributed by atoms with E-state index in [1.54, 1.807) is 26.0 Å². The van der Waals surface area contributed by atoms with Gasteiger partial charge in [0.1, 0.15) is 11.7 Å². The van der Waals surface area contributed by atoms with Crippen LogP contribution in [0.5, 0.6) is 0 Å². The van der Waals surface area contributed by atoms with Gasteiger partial charge in [0.05, 0.1) is 11.7 Å². The highest BCUT2D eigenvalue weighted by atomic mass is 16.5. The van der Waals surface area contributed by atoms with E-state index in [9.17, 15) is 14.7 Å². The van der Waals surface area contributed by atoms with E-state index in [0.717, 1.165) is 12.8 Å². The second-order valence-electron chi connectivity index (χ2n) is 10.8. The Balaban J connectivity index is 2.10. The van der Waals surface area contributed by atoms with E-state index in [-0.39, 0.29) is 23.6 Å². The van der Waals surface area contributed by atoms with Crippen LogP contribution in [0.2, 0.25) is 0 Å². The van der Waals surface area contributed by atoms with Crippen molar-refractivity contribution in [3.8, 4) is 0 Å². The van der Waals surface area contributed by atoms with Crippen molar-refractivity contribution < 1.29 is 24.2 Å². The van der Waals surface area contributed by atoms with Gasteiger partial charge >= 0.3 is 5.97 Å². The Bertz CT molecular complexity index is 782. The average Bonchev–Trinajstić information content (AvgIpc) is 2.68. The second kappa shape index (κ2) is 7.30. The number of fused-ring (bicyclic) bond motifs is 3. The Morgan fingerprint density at radius 1 is 1.23 bits per heavy atom. The first-order valence-electron chi connectivity index (χ1n) is 11.1. The van der Waals surface area contributed by atoms with Gasteiger partial charge in [-0.1, -0.05) is 32.9 Å². The van der Waals surface area contributed by atoms with Gasteiger partial charge in [0.15, 0.2) is 5.78 Å². The molecule has 7 atom stereocenters. The summed E-state index contributed by atoms with van der Waals surface area (Å²) >= 11 is 0. The molecule has 2 aliphatic carbocycles. The van der Waals surface area contributed by atoms with E-state index < -0.39 is 34.2 Å². The molecule has 1 heterocycles. The number of aliphatic hydroxyl groups is 1. The molecule has 5 nitrogen and oxygen atoms in total. The number of ketones is 1. The molecule has 2 saturated carbocycles. The Morgan fingerprint density at radius 2 is 1.87 bits per heavy atom. The van der Waals surface area contributed by atoms with Gasteiger partial charge in [0, 0.05) is 29.7 Å². The molecule has 7 unspecified atom stereocenters. The van der Waals surface area contributed by atoms with Gasteiger partial charge in [0.25, 0.3) is 0 Å². The van der Waals surface area contributed by atoms with Crippen LogP contribution in [0, 0.1) is 22.7 Å². The van der Waals surface area contributed by atoms with E-state index in [0.29, 0.717) is 18.4 Å². The average molecular weight is 419 g/mol. The highest BCUT2D eigenvalue weighted by Gasteiger charge is 2.69. The van der Waals surface area contributed by atoms with Gasteiger partial charge in [-0.2, -0.15) is 0 Å². The summed E-state index contributed by atoms with van der Waals surface area (Å²) in [4.78, 5) is 26.2. The Hall–Kier alpha value is -1.46. The number of esters is 1. The summed E-state index contributed by atoms with van der Waals surface area (Å²) in [5.41, 5.74) is -1.93. The van der Waals surface area contributed by atoms with Crippen LogP contribution >= 0.6 is 0 Å². The molecule has 0 bridgehead atoms. The minimum absolute atomic E-state index is 0.0691. The van der Waals surface area contributed by atoms with Gasteiger partial charge in [-0.15, -0.1) is 6.58 Å². The van der Waals surface area contributed by atoms with Gasteiger partial charge < -0.3 is 14.6 Å². The number of allylic oxidation sites excluding steroid dienone is 1. The summed E-state index contributed by atoms with van der Waals surface area (Å²) in [5, 5.41) is 11.0. The third-order valence-electron chi connectivity index (χ3n) is 8.81. The molecule has 0 radical (unpaired) electrons. The SMILES string of the molecule is C=CC1(C)CCC2C(C)(O1)C(=O)CC1C(C)(C)C(O)CC(OC(=O)C(C)=CC)C21C. The molecule has 0 aromatic rings. The maximum Gasteiger partial charge on any atom is 0.333 e. The van der Waals surface area contributed by atoms with Crippen LogP contribution in [0.15, 0.2) is 24.3 Å². The monoisotopic (exact) mass is 418 g/mol. The van der Waals surface area contributed by atoms with Crippen LogP contribution < -0.4 is 0 Å². The summed E-state index contributed by atoms with van der Waals surface area (Å²) in [7, 11) is 0. The van der Waals surface area contributed by atoms with Crippen molar-refractivity contribution in [2.75, 3.05) is 0 Å². The molecule has 3 aliphatic rings. The Labute approximate surface area is 180 Å². The summed E-state index contributed by atoms with van der Waals surface area (Å²) in [6.45, 7) is 17.5. The van der Waals surface area contributed by atoms with Crippen LogP contribution in [0.4, 0.5) is 0 Å². The predicted octanol–water partition coefficient (Wildman–Crippen LogP) is 4.38. The summed E-state index contributed by atoms with van der Waals surface area (Å²) < 4.78 is 12.5. The lowest BCUT2D eigenvalue weighted by Gasteiger charge is -2.66. The van der Waals surface area contributed by atoms with Crippen molar-refractivity contribution in [2.24, 2.45) is 22.7 Å². The zero-order chi connectivity index (χ0) is 22.7. The number of hydrogen-bond acceptors (Lipinski definition) is 5. The van der Waals surface area contributed by atoms with E-state index in [4.69, 9.17) is 9.47 Å². The molecule has 3 rings (SSSR count). The smallest absolute Gasteiger partial charge is 0.333 e. The fraction of sp³-hybridized carbons (Fsp3) is 0.760. The van der Waals surface area contributed by atoms with Gasteiger partial charge in [-0.05, 0) is 51.9 Å². The predicted molar refractivity (Wildman–Crippen MR) is 116 cm³/mol. The molecule has 3 fully saturated rings. The maximum absolute atomic E-state index is 13.5. The molecule has 0 amide bonds. The number of Topliss-reactive ketones (excluding diaryl/α,β-unsaturated/α-hetero) is 1. The lowest BCUT2D eigenvalue weighted by molar-refractivity contribution is -0.272. The van der Waals surface area contributed by atoms with Crippen molar-refractivity contribution in [1.82, 2.24) is 0 Å². The Morgan fingerprint density at radius 3 is 2.43 bits per heavy atom. The molecule has 5 heteroatoms. The van der Waals surface area contributed by atoms with E-state index in [1.807, 2.05) is 27.7 Å². The quantitative estimate of drug-likeness (QED) is 0.418. The van der Waals surface area contributed by atoms with Crippen molar-refractivity contribution >= 4 is 11.8 Å². The first kappa shape index (κ1) is 23.2. The molecule has 0 aromatic heterocycles. The fourth-order valence-electron chi connectivity index (χ4n) is 6.48. The largest absolute Gasteiger partial charge is 0.458 e. The van der Waals surface area contributed by atoms with E-state index in [1.165, 1.54) is 0 Å². The zero-order valence-corrected chi connectivity index (χ0v) is 19.6. The van der Waals surface area contributed by atoms with E-state index >= 15 is 0 Å². The third-order valence-corrected chi connectivity index (χ3v) is 8.81. The van der Waals surface area contributed by atoms with E-state index in [2.05, 4.69) is 13.5 Å². The van der Waals surface area contributed by atoms with Crippen molar-refractivity contribution in [2.45, 2.75) is 97.6 Å². The molecule has 1 saturated heterocycles. The van der Waals surface area contributed by atoms with Crippen molar-refractivity contribution in [1.29, 1.82) is 0 Å². The maximum atomic E-state index is 13.5. The van der Waals surface area contributed by atoms with Gasteiger partial charge in [-0.25, -0.2) is 4.79 Å². The lowest BCUT2D eigenvalue weighted by atomic mass is 9.42. The number of carbonyl (C=O) groups excluding carboxylic acids is 2. The van der Waals surface area contributed by atoms with Crippen molar-refractivity contribution in [3.05, 3.63) is 24.3 Å². The van der Waals surface area contributed by atoms with Crippen LogP contribution in [-0.2, 0) is 19.1 Å². The molecule has 168 valence electrons. The van der Waals surface area contributed by atoms with Crippen LogP contribution in [0.3, 0.4) is 0 Å². The topological polar surface area (TPSA) is 72.8 Å². The normalized spacial score (nSPS) is 45.9. The molecule has 30 heavy (non-hydrogen) atoms. The molecular weight excluding hydrogens is 380 g/mol. The number of aliphatic hydroxyl groups excluding tert-OH is 1. The van der Waals surface area contributed by atoms with Crippen LogP contribution in [0.25, 0.3) is 0 Å². The summed E-state index contributed by atoms with van der Waals surface area (Å²) in [5.74, 6) is -0.514. The number of carbonyl (C=O) groups is 2. The number of rotatable bonds is 3. The highest BCUT2D eigenvalue weighted by molar-refractivity contribution is 5.90. The molecule has 1 aliphatic heterocycles. The first-order valence-corrected chi connectivity index (χ1v) is 11.1. The van der Waals surface area contributed by atoms with Crippen LogP contribution in [0.1, 0.15) is 74.1 Å².